The monoisotopic (exact) mass is 238 g/mol. The van der Waals surface area contributed by atoms with E-state index in [0.29, 0.717) is 17.4 Å². The van der Waals surface area contributed by atoms with Crippen molar-refractivity contribution >= 4 is 0 Å². The van der Waals surface area contributed by atoms with Crippen molar-refractivity contribution in [3.8, 4) is 11.5 Å². The largest absolute Gasteiger partial charge is 0.493 e. The van der Waals surface area contributed by atoms with Crippen molar-refractivity contribution in [2.75, 3.05) is 14.2 Å². The Labute approximate surface area is 103 Å². The maximum atomic E-state index is 10.1. The van der Waals surface area contributed by atoms with Gasteiger partial charge < -0.3 is 14.6 Å². The number of benzene rings is 1. The summed E-state index contributed by atoms with van der Waals surface area (Å²) in [5.74, 6) is 1.86. The van der Waals surface area contributed by atoms with E-state index in [-0.39, 0.29) is 0 Å². The lowest BCUT2D eigenvalue weighted by atomic mass is 9.96. The fourth-order valence-corrected chi connectivity index (χ4v) is 1.74. The lowest BCUT2D eigenvalue weighted by Crippen LogP contribution is -2.04. The molecule has 0 amide bonds. The minimum atomic E-state index is -0.440. The smallest absolute Gasteiger partial charge is 0.161 e. The van der Waals surface area contributed by atoms with Gasteiger partial charge in [0.25, 0.3) is 0 Å². The number of hydrogen-bond donors (Lipinski definition) is 1. The van der Waals surface area contributed by atoms with E-state index >= 15 is 0 Å². The maximum absolute atomic E-state index is 10.1. The SMILES string of the molecule is CCC(C)CC(O)c1ccc(OC)c(OC)c1. The van der Waals surface area contributed by atoms with Crippen LogP contribution in [-0.4, -0.2) is 19.3 Å². The first-order valence-electron chi connectivity index (χ1n) is 6.02. The highest BCUT2D eigenvalue weighted by Crippen LogP contribution is 2.32. The Morgan fingerprint density at radius 2 is 1.82 bits per heavy atom. The molecule has 96 valence electrons. The van der Waals surface area contributed by atoms with Gasteiger partial charge in [0.2, 0.25) is 0 Å². The van der Waals surface area contributed by atoms with Crippen LogP contribution in [0.25, 0.3) is 0 Å². The number of ether oxygens (including phenoxy) is 2. The Kier molecular flexibility index (Phi) is 5.29. The van der Waals surface area contributed by atoms with Crippen LogP contribution in [0.5, 0.6) is 11.5 Å². The van der Waals surface area contributed by atoms with Gasteiger partial charge in [-0.2, -0.15) is 0 Å². The summed E-state index contributed by atoms with van der Waals surface area (Å²) in [7, 11) is 3.20. The van der Waals surface area contributed by atoms with Crippen LogP contribution < -0.4 is 9.47 Å². The molecule has 1 aromatic rings. The normalized spacial score (nSPS) is 14.2. The van der Waals surface area contributed by atoms with Crippen molar-refractivity contribution in [2.24, 2.45) is 5.92 Å². The van der Waals surface area contributed by atoms with Gasteiger partial charge in [0, 0.05) is 0 Å². The van der Waals surface area contributed by atoms with Crippen LogP contribution in [0.3, 0.4) is 0 Å². The van der Waals surface area contributed by atoms with Gasteiger partial charge in [0.15, 0.2) is 11.5 Å². The van der Waals surface area contributed by atoms with Gasteiger partial charge >= 0.3 is 0 Å². The fraction of sp³-hybridized carbons (Fsp3) is 0.571. The Bertz CT molecular complexity index is 349. The molecule has 0 heterocycles. The summed E-state index contributed by atoms with van der Waals surface area (Å²) in [5.41, 5.74) is 0.878. The zero-order chi connectivity index (χ0) is 12.8. The molecule has 0 bridgehead atoms. The minimum Gasteiger partial charge on any atom is -0.493 e. The van der Waals surface area contributed by atoms with Crippen LogP contribution in [0.15, 0.2) is 18.2 Å². The Morgan fingerprint density at radius 3 is 2.35 bits per heavy atom. The van der Waals surface area contributed by atoms with Crippen molar-refractivity contribution in [1.82, 2.24) is 0 Å². The fourth-order valence-electron chi connectivity index (χ4n) is 1.74. The molecule has 2 unspecified atom stereocenters. The van der Waals surface area contributed by atoms with E-state index in [1.165, 1.54) is 0 Å². The van der Waals surface area contributed by atoms with Crippen molar-refractivity contribution in [2.45, 2.75) is 32.8 Å². The van der Waals surface area contributed by atoms with Crippen molar-refractivity contribution < 1.29 is 14.6 Å². The molecule has 0 aliphatic carbocycles. The predicted molar refractivity (Wildman–Crippen MR) is 68.6 cm³/mol. The molecule has 0 aliphatic rings. The summed E-state index contributed by atoms with van der Waals surface area (Å²) in [6, 6.07) is 5.55. The third-order valence-electron chi connectivity index (χ3n) is 3.11. The molecule has 0 saturated heterocycles. The first kappa shape index (κ1) is 13.8. The first-order chi connectivity index (χ1) is 8.12. The lowest BCUT2D eigenvalue weighted by Gasteiger charge is -2.17. The van der Waals surface area contributed by atoms with Crippen LogP contribution in [0.2, 0.25) is 0 Å². The molecule has 2 atom stereocenters. The van der Waals surface area contributed by atoms with E-state index in [1.807, 2.05) is 18.2 Å². The van der Waals surface area contributed by atoms with Gasteiger partial charge in [-0.3, -0.25) is 0 Å². The Hall–Kier alpha value is -1.22. The molecule has 1 aromatic carbocycles. The molecule has 1 N–H and O–H groups in total. The van der Waals surface area contributed by atoms with Crippen molar-refractivity contribution in [1.29, 1.82) is 0 Å². The highest BCUT2D eigenvalue weighted by Gasteiger charge is 2.14. The van der Waals surface area contributed by atoms with Crippen LogP contribution >= 0.6 is 0 Å². The quantitative estimate of drug-likeness (QED) is 0.827. The summed E-state index contributed by atoms with van der Waals surface area (Å²) < 4.78 is 10.4. The van der Waals surface area contributed by atoms with E-state index < -0.39 is 6.10 Å². The number of methoxy groups -OCH3 is 2. The van der Waals surface area contributed by atoms with Gasteiger partial charge in [-0.15, -0.1) is 0 Å². The number of rotatable bonds is 6. The van der Waals surface area contributed by atoms with Gasteiger partial charge in [0.05, 0.1) is 20.3 Å². The summed E-state index contributed by atoms with van der Waals surface area (Å²) in [4.78, 5) is 0. The molecule has 0 radical (unpaired) electrons. The molecule has 0 saturated carbocycles. The highest BCUT2D eigenvalue weighted by molar-refractivity contribution is 5.43. The molecular weight excluding hydrogens is 216 g/mol. The summed E-state index contributed by atoms with van der Waals surface area (Å²) in [6.45, 7) is 4.27. The summed E-state index contributed by atoms with van der Waals surface area (Å²) >= 11 is 0. The lowest BCUT2D eigenvalue weighted by molar-refractivity contribution is 0.146. The summed E-state index contributed by atoms with van der Waals surface area (Å²) in [5, 5.41) is 10.1. The third kappa shape index (κ3) is 3.63. The van der Waals surface area contributed by atoms with E-state index in [4.69, 9.17) is 9.47 Å². The second-order valence-corrected chi connectivity index (χ2v) is 4.38. The molecule has 3 nitrogen and oxygen atoms in total. The maximum Gasteiger partial charge on any atom is 0.161 e. The average Bonchev–Trinajstić information content (AvgIpc) is 2.37. The third-order valence-corrected chi connectivity index (χ3v) is 3.11. The van der Waals surface area contributed by atoms with Crippen molar-refractivity contribution in [3.05, 3.63) is 23.8 Å². The van der Waals surface area contributed by atoms with E-state index in [9.17, 15) is 5.11 Å². The minimum absolute atomic E-state index is 0.440. The van der Waals surface area contributed by atoms with Crippen LogP contribution in [-0.2, 0) is 0 Å². The number of hydrogen-bond acceptors (Lipinski definition) is 3. The number of aliphatic hydroxyl groups is 1. The van der Waals surface area contributed by atoms with Gasteiger partial charge in [-0.1, -0.05) is 26.3 Å². The Morgan fingerprint density at radius 1 is 1.18 bits per heavy atom. The van der Waals surface area contributed by atoms with E-state index in [2.05, 4.69) is 13.8 Å². The van der Waals surface area contributed by atoms with E-state index in [1.54, 1.807) is 14.2 Å². The first-order valence-corrected chi connectivity index (χ1v) is 6.02. The molecule has 1 rings (SSSR count). The predicted octanol–water partition coefficient (Wildman–Crippen LogP) is 3.17. The molecule has 17 heavy (non-hydrogen) atoms. The second-order valence-electron chi connectivity index (χ2n) is 4.38. The second kappa shape index (κ2) is 6.50. The highest BCUT2D eigenvalue weighted by atomic mass is 16.5. The zero-order valence-electron chi connectivity index (χ0n) is 11.1. The van der Waals surface area contributed by atoms with Crippen LogP contribution in [0, 0.1) is 5.92 Å². The van der Waals surface area contributed by atoms with Gasteiger partial charge in [-0.05, 0) is 30.0 Å². The van der Waals surface area contributed by atoms with Crippen molar-refractivity contribution in [3.63, 3.8) is 0 Å². The molecule has 0 aromatic heterocycles. The summed E-state index contributed by atoms with van der Waals surface area (Å²) in [6.07, 6.45) is 1.40. The van der Waals surface area contributed by atoms with Gasteiger partial charge in [-0.25, -0.2) is 0 Å². The standard InChI is InChI=1S/C14H22O3/c1-5-10(2)8-12(15)11-6-7-13(16-3)14(9-11)17-4/h6-7,9-10,12,15H,5,8H2,1-4H3. The molecule has 0 fully saturated rings. The molecule has 0 spiro atoms. The molecular formula is C14H22O3. The molecule has 3 heteroatoms. The van der Waals surface area contributed by atoms with E-state index in [0.717, 1.165) is 18.4 Å². The molecule has 0 aliphatic heterocycles. The topological polar surface area (TPSA) is 38.7 Å². The van der Waals surface area contributed by atoms with Crippen LogP contribution in [0.4, 0.5) is 0 Å². The average molecular weight is 238 g/mol. The Balaban J connectivity index is 2.84. The zero-order valence-corrected chi connectivity index (χ0v) is 11.1. The van der Waals surface area contributed by atoms with Crippen LogP contribution in [0.1, 0.15) is 38.4 Å². The van der Waals surface area contributed by atoms with Gasteiger partial charge in [0.1, 0.15) is 0 Å². The number of aliphatic hydroxyl groups excluding tert-OH is 1.